The Hall–Kier alpha value is -5.83. The first-order chi connectivity index (χ1) is 28.2. The van der Waals surface area contributed by atoms with Gasteiger partial charge in [-0.15, -0.1) is 0 Å². The summed E-state index contributed by atoms with van der Waals surface area (Å²) in [5.74, 6) is -2.28. The number of thiazole rings is 1. The predicted octanol–water partition coefficient (Wildman–Crippen LogP) is 6.57. The van der Waals surface area contributed by atoms with Crippen LogP contribution in [0.5, 0.6) is 0 Å². The van der Waals surface area contributed by atoms with Crippen LogP contribution in [0.15, 0.2) is 60.7 Å². The molecule has 0 bridgehead atoms. The number of carbonyl (C=O) groups excluding carboxylic acids is 6. The maximum atomic E-state index is 15.0. The third kappa shape index (κ3) is 9.78. The molecule has 4 aromatic rings. The fourth-order valence-corrected chi connectivity index (χ4v) is 8.34. The van der Waals surface area contributed by atoms with E-state index in [4.69, 9.17) is 9.47 Å². The lowest BCUT2D eigenvalue weighted by molar-refractivity contribution is -0.147. The number of anilines is 1. The molecule has 0 spiro atoms. The molecule has 1 aromatic heterocycles. The summed E-state index contributed by atoms with van der Waals surface area (Å²) in [4.78, 5) is 89.0. The minimum absolute atomic E-state index is 0.0120. The standard InChI is InChI=1S/C45H54N6O8S/c1-25(50(8)43(57)59-45(5,6)7)37(52)48-36(44(2,3)4)40(55)51-24-30-21-28(38(53)49-42-47-33-22-29(41(56)58-9)19-20-35(33)60-42)18-17-27(30)23-34(51)39(54)46-32-16-12-14-26-13-10-11-15-31(26)32/h10-11,13,15,17-22,25,32,34,36H,12,14,16,23-24H2,1-9H3,(H,46,54)(H,48,52)(H,47,49,53)/t25?,32-,34?,36?/m1/s1. The highest BCUT2D eigenvalue weighted by Crippen LogP contribution is 2.33. The van der Waals surface area contributed by atoms with Gasteiger partial charge in [-0.2, -0.15) is 0 Å². The van der Waals surface area contributed by atoms with E-state index in [-0.39, 0.29) is 24.9 Å². The summed E-state index contributed by atoms with van der Waals surface area (Å²) in [7, 11) is 2.76. The smallest absolute Gasteiger partial charge is 0.410 e. The first-order valence-electron chi connectivity index (χ1n) is 20.1. The molecule has 3 N–H and O–H groups in total. The molecule has 2 heterocycles. The molecule has 2 aliphatic rings. The van der Waals surface area contributed by atoms with Crippen LogP contribution in [-0.4, -0.2) is 88.4 Å². The molecule has 6 rings (SSSR count). The van der Waals surface area contributed by atoms with Gasteiger partial charge in [0.2, 0.25) is 17.7 Å². The minimum Gasteiger partial charge on any atom is -0.465 e. The Balaban J connectivity index is 1.28. The van der Waals surface area contributed by atoms with Crippen LogP contribution in [0.25, 0.3) is 10.2 Å². The average Bonchev–Trinajstić information content (AvgIpc) is 3.61. The largest absolute Gasteiger partial charge is 0.465 e. The number of amides is 5. The summed E-state index contributed by atoms with van der Waals surface area (Å²) < 4.78 is 11.1. The number of esters is 1. The summed E-state index contributed by atoms with van der Waals surface area (Å²) in [6, 6.07) is 15.0. The van der Waals surface area contributed by atoms with Gasteiger partial charge in [0.25, 0.3) is 5.91 Å². The van der Waals surface area contributed by atoms with E-state index in [9.17, 15) is 28.8 Å². The number of methoxy groups -OCH3 is 1. The maximum Gasteiger partial charge on any atom is 0.410 e. The van der Waals surface area contributed by atoms with E-state index < -0.39 is 58.9 Å². The molecule has 4 atom stereocenters. The Labute approximate surface area is 354 Å². The highest BCUT2D eigenvalue weighted by atomic mass is 32.1. The lowest BCUT2D eigenvalue weighted by Crippen LogP contribution is -2.62. The number of carbonyl (C=O) groups is 6. The van der Waals surface area contributed by atoms with Gasteiger partial charge in [-0.05, 0) is 105 Å². The van der Waals surface area contributed by atoms with Crippen LogP contribution in [0.2, 0.25) is 0 Å². The van der Waals surface area contributed by atoms with Gasteiger partial charge in [0.05, 0.1) is 28.9 Å². The van der Waals surface area contributed by atoms with Crippen molar-refractivity contribution in [3.05, 3.63) is 94.0 Å². The lowest BCUT2D eigenvalue weighted by atomic mass is 9.83. The Morgan fingerprint density at radius 3 is 2.33 bits per heavy atom. The molecule has 318 valence electrons. The second-order valence-corrected chi connectivity index (χ2v) is 18.6. The third-order valence-electron chi connectivity index (χ3n) is 10.9. The molecular weight excluding hydrogens is 785 g/mol. The number of nitrogens with zero attached hydrogens (tertiary/aromatic N) is 3. The normalized spacial score (nSPS) is 17.3. The Bertz CT molecular complexity index is 2330. The van der Waals surface area contributed by atoms with Crippen molar-refractivity contribution >= 4 is 62.4 Å². The maximum absolute atomic E-state index is 15.0. The minimum atomic E-state index is -1.10. The van der Waals surface area contributed by atoms with Crippen LogP contribution in [0.4, 0.5) is 9.93 Å². The van der Waals surface area contributed by atoms with Gasteiger partial charge in [0, 0.05) is 25.6 Å². The van der Waals surface area contributed by atoms with Crippen molar-refractivity contribution in [1.82, 2.24) is 25.4 Å². The van der Waals surface area contributed by atoms with Gasteiger partial charge in [-0.25, -0.2) is 14.6 Å². The van der Waals surface area contributed by atoms with Gasteiger partial charge < -0.3 is 25.0 Å². The van der Waals surface area contributed by atoms with Crippen molar-refractivity contribution in [1.29, 1.82) is 0 Å². The van der Waals surface area contributed by atoms with E-state index in [0.29, 0.717) is 27.3 Å². The van der Waals surface area contributed by atoms with Crippen molar-refractivity contribution in [3.63, 3.8) is 0 Å². The fourth-order valence-electron chi connectivity index (χ4n) is 7.50. The van der Waals surface area contributed by atoms with Gasteiger partial charge in [0.15, 0.2) is 5.13 Å². The molecule has 1 aliphatic heterocycles. The topological polar surface area (TPSA) is 176 Å². The van der Waals surface area contributed by atoms with Crippen molar-refractivity contribution in [2.24, 2.45) is 5.41 Å². The highest BCUT2D eigenvalue weighted by Gasteiger charge is 2.43. The molecule has 0 radical (unpaired) electrons. The van der Waals surface area contributed by atoms with Gasteiger partial charge in [0.1, 0.15) is 23.7 Å². The Morgan fingerprint density at radius 1 is 0.917 bits per heavy atom. The van der Waals surface area contributed by atoms with Crippen LogP contribution < -0.4 is 16.0 Å². The summed E-state index contributed by atoms with van der Waals surface area (Å²) in [6.07, 6.45) is 2.06. The number of nitrogens with one attached hydrogen (secondary N) is 3. The fraction of sp³-hybridized carbons (Fsp3) is 0.444. The number of rotatable bonds is 9. The van der Waals surface area contributed by atoms with Crippen molar-refractivity contribution in [2.75, 3.05) is 19.5 Å². The molecule has 60 heavy (non-hydrogen) atoms. The first-order valence-corrected chi connectivity index (χ1v) is 20.9. The third-order valence-corrected chi connectivity index (χ3v) is 11.9. The van der Waals surface area contributed by atoms with Crippen LogP contribution >= 0.6 is 11.3 Å². The predicted molar refractivity (Wildman–Crippen MR) is 229 cm³/mol. The second-order valence-electron chi connectivity index (χ2n) is 17.5. The zero-order valence-corrected chi connectivity index (χ0v) is 36.5. The molecule has 3 aromatic carbocycles. The van der Waals surface area contributed by atoms with E-state index in [1.807, 2.05) is 39.0 Å². The van der Waals surface area contributed by atoms with Gasteiger partial charge in [-0.1, -0.05) is 62.4 Å². The van der Waals surface area contributed by atoms with Crippen molar-refractivity contribution < 1.29 is 38.2 Å². The molecular formula is C45H54N6O8S. The number of hydrogen-bond donors (Lipinski definition) is 3. The molecule has 0 saturated carbocycles. The van der Waals surface area contributed by atoms with Crippen LogP contribution in [0.3, 0.4) is 0 Å². The van der Waals surface area contributed by atoms with E-state index in [1.54, 1.807) is 64.1 Å². The lowest BCUT2D eigenvalue weighted by Gasteiger charge is -2.42. The number of hydrogen-bond acceptors (Lipinski definition) is 10. The van der Waals surface area contributed by atoms with Crippen LogP contribution in [0, 0.1) is 5.41 Å². The van der Waals surface area contributed by atoms with E-state index in [0.717, 1.165) is 35.1 Å². The zero-order valence-electron chi connectivity index (χ0n) is 35.6. The SMILES string of the molecule is COC(=O)c1ccc2sc(NC(=O)c3ccc4c(c3)CN(C(=O)C(NC(=O)C(C)N(C)C(=O)OC(C)(C)C)C(C)(C)C)C(C(=O)N[C@@H]3CCCc5ccccc53)C4)nc2c1. The summed E-state index contributed by atoms with van der Waals surface area (Å²) in [5, 5.41) is 9.34. The van der Waals surface area contributed by atoms with Crippen LogP contribution in [0.1, 0.15) is 110 Å². The second kappa shape index (κ2) is 17.4. The first kappa shape index (κ1) is 43.7. The number of aryl methyl sites for hydroxylation is 1. The molecule has 0 fully saturated rings. The Kier molecular flexibility index (Phi) is 12.7. The average molecular weight is 839 g/mol. The molecule has 3 unspecified atom stereocenters. The van der Waals surface area contributed by atoms with E-state index >= 15 is 0 Å². The monoisotopic (exact) mass is 838 g/mol. The summed E-state index contributed by atoms with van der Waals surface area (Å²) >= 11 is 1.26. The van der Waals surface area contributed by atoms with Gasteiger partial charge >= 0.3 is 12.1 Å². The molecule has 1 aliphatic carbocycles. The number of likely N-dealkylation sites (N-methyl/N-ethyl adjacent to an activating group) is 1. The van der Waals surface area contributed by atoms with Gasteiger partial charge in [-0.3, -0.25) is 29.4 Å². The molecule has 14 nitrogen and oxygen atoms in total. The Morgan fingerprint density at radius 2 is 1.63 bits per heavy atom. The van der Waals surface area contributed by atoms with E-state index in [2.05, 4.69) is 27.0 Å². The summed E-state index contributed by atoms with van der Waals surface area (Å²) in [6.45, 7) is 12.2. The van der Waals surface area contributed by atoms with Crippen LogP contribution in [-0.2, 0) is 43.2 Å². The zero-order chi connectivity index (χ0) is 43.7. The van der Waals surface area contributed by atoms with Crippen molar-refractivity contribution in [3.8, 4) is 0 Å². The number of benzene rings is 3. The highest BCUT2D eigenvalue weighted by molar-refractivity contribution is 7.22. The molecule has 5 amide bonds. The quantitative estimate of drug-likeness (QED) is 0.158. The number of aromatic nitrogens is 1. The van der Waals surface area contributed by atoms with Crippen molar-refractivity contribution in [2.45, 2.75) is 110 Å². The summed E-state index contributed by atoms with van der Waals surface area (Å²) in [5.41, 5.74) is 3.30. The molecule has 15 heteroatoms. The number of ether oxygens (including phenoxy) is 2. The molecule has 0 saturated heterocycles. The number of fused-ring (bicyclic) bond motifs is 3. The van der Waals surface area contributed by atoms with E-state index in [1.165, 1.54) is 40.9 Å².